The summed E-state index contributed by atoms with van der Waals surface area (Å²) in [4.78, 5) is 25.4. The van der Waals surface area contributed by atoms with Gasteiger partial charge in [-0.3, -0.25) is 9.59 Å². The zero-order valence-electron chi connectivity index (χ0n) is 22.6. The van der Waals surface area contributed by atoms with Gasteiger partial charge in [0.2, 0.25) is 0 Å². The molecule has 6 rings (SSSR count). The number of aliphatic hydroxyl groups is 1. The van der Waals surface area contributed by atoms with Crippen LogP contribution in [0.25, 0.3) is 0 Å². The van der Waals surface area contributed by atoms with Crippen molar-refractivity contribution < 1.29 is 14.7 Å². The predicted octanol–water partition coefficient (Wildman–Crippen LogP) is 6.44. The minimum Gasteiger partial charge on any atom is -0.377 e. The van der Waals surface area contributed by atoms with Gasteiger partial charge in [0.05, 0.1) is 11.6 Å². The van der Waals surface area contributed by atoms with Crippen molar-refractivity contribution in [3.8, 4) is 17.9 Å². The highest BCUT2D eigenvalue weighted by molar-refractivity contribution is 6.09. The molecule has 2 aromatic carbocycles. The molecule has 0 amide bonds. The summed E-state index contributed by atoms with van der Waals surface area (Å²) in [6.45, 7) is 4.05. The Morgan fingerprint density at radius 3 is 2.36 bits per heavy atom. The zero-order chi connectivity index (χ0) is 27.4. The van der Waals surface area contributed by atoms with E-state index in [1.807, 2.05) is 25.1 Å². The van der Waals surface area contributed by atoms with Crippen molar-refractivity contribution in [2.75, 3.05) is 0 Å². The van der Waals surface area contributed by atoms with Gasteiger partial charge in [0.1, 0.15) is 5.60 Å². The summed E-state index contributed by atoms with van der Waals surface area (Å²) in [5, 5.41) is 20.9. The van der Waals surface area contributed by atoms with Crippen LogP contribution in [-0.4, -0.2) is 22.3 Å². The van der Waals surface area contributed by atoms with Crippen molar-refractivity contribution in [2.24, 2.45) is 17.3 Å². The minimum atomic E-state index is -1.01. The van der Waals surface area contributed by atoms with E-state index in [2.05, 4.69) is 37.0 Å². The lowest BCUT2D eigenvalue weighted by molar-refractivity contribution is -0.114. The van der Waals surface area contributed by atoms with Gasteiger partial charge in [-0.15, -0.1) is 5.92 Å². The van der Waals surface area contributed by atoms with Crippen LogP contribution in [0.2, 0.25) is 0 Å². The highest BCUT2D eigenvalue weighted by atomic mass is 16.3. The first-order chi connectivity index (χ1) is 18.8. The summed E-state index contributed by atoms with van der Waals surface area (Å²) in [6.07, 6.45) is 7.61. The van der Waals surface area contributed by atoms with Crippen LogP contribution in [0.5, 0.6) is 0 Å². The van der Waals surface area contributed by atoms with Crippen LogP contribution >= 0.6 is 0 Å². The number of nitriles is 1. The Morgan fingerprint density at radius 1 is 1.00 bits per heavy atom. The first-order valence-corrected chi connectivity index (χ1v) is 14.1. The van der Waals surface area contributed by atoms with Crippen LogP contribution in [0.4, 0.5) is 0 Å². The van der Waals surface area contributed by atoms with E-state index in [4.69, 9.17) is 5.26 Å². The van der Waals surface area contributed by atoms with E-state index in [-0.39, 0.29) is 22.9 Å². The van der Waals surface area contributed by atoms with E-state index in [1.54, 1.807) is 24.3 Å². The molecule has 0 aliphatic heterocycles. The zero-order valence-corrected chi connectivity index (χ0v) is 22.6. The first kappa shape index (κ1) is 25.5. The maximum atomic E-state index is 13.2. The molecule has 196 valence electrons. The van der Waals surface area contributed by atoms with Gasteiger partial charge < -0.3 is 5.11 Å². The standard InChI is InChI=1S/C35H33NO3/c1-3-17-35(39)18-16-31-29-14-12-26-19-27(37)13-15-28(26)32(29)30(20-34(31,35)2)23-8-10-25(11-9-23)33(38)24-6-4-22(21-36)5-7-24/h4-11,19,29-31,39H,12-16,18,20H2,1-2H3/t29?,30-,31?,34+,35+/m1/s1. The maximum absolute atomic E-state index is 13.2. The van der Waals surface area contributed by atoms with Gasteiger partial charge in [0.25, 0.3) is 0 Å². The number of hydrogen-bond acceptors (Lipinski definition) is 4. The number of ketones is 2. The molecule has 2 aromatic rings. The summed E-state index contributed by atoms with van der Waals surface area (Å²) in [6, 6.07) is 16.8. The van der Waals surface area contributed by atoms with Gasteiger partial charge in [-0.05, 0) is 104 Å². The van der Waals surface area contributed by atoms with Crippen molar-refractivity contribution >= 4 is 11.6 Å². The number of nitrogens with zero attached hydrogens (tertiary/aromatic N) is 1. The molecule has 4 aliphatic carbocycles. The van der Waals surface area contributed by atoms with Crippen LogP contribution in [-0.2, 0) is 4.79 Å². The first-order valence-electron chi connectivity index (χ1n) is 14.1. The molecule has 2 saturated carbocycles. The minimum absolute atomic E-state index is 0.0707. The second-order valence-corrected chi connectivity index (χ2v) is 11.9. The molecule has 0 saturated heterocycles. The topological polar surface area (TPSA) is 78.2 Å². The van der Waals surface area contributed by atoms with Gasteiger partial charge in [0, 0.05) is 28.9 Å². The number of carbonyl (C=O) groups is 2. The highest BCUT2D eigenvalue weighted by Gasteiger charge is 2.62. The van der Waals surface area contributed by atoms with Gasteiger partial charge in [-0.2, -0.15) is 5.26 Å². The van der Waals surface area contributed by atoms with E-state index in [1.165, 1.54) is 16.7 Å². The predicted molar refractivity (Wildman–Crippen MR) is 150 cm³/mol. The normalized spacial score (nSPS) is 31.2. The number of allylic oxidation sites excluding steroid dienone is 4. The lowest BCUT2D eigenvalue weighted by atomic mass is 9.51. The molecule has 39 heavy (non-hydrogen) atoms. The number of hydrogen-bond donors (Lipinski definition) is 1. The second kappa shape index (κ2) is 9.48. The SMILES string of the molecule is CC#C[C@]1(O)CCC2C3CCC4=CC(=O)CCC4=C3[C@@H](c3ccc(C(=O)c4ccc(C#N)cc4)cc3)C[C@@]21C. The Bertz CT molecular complexity index is 1530. The molecule has 0 aromatic heterocycles. The van der Waals surface area contributed by atoms with Crippen molar-refractivity contribution in [2.45, 2.75) is 70.3 Å². The summed E-state index contributed by atoms with van der Waals surface area (Å²) in [7, 11) is 0. The molecule has 0 heterocycles. The Morgan fingerprint density at radius 2 is 1.69 bits per heavy atom. The summed E-state index contributed by atoms with van der Waals surface area (Å²) < 4.78 is 0. The maximum Gasteiger partial charge on any atom is 0.193 e. The lowest BCUT2D eigenvalue weighted by Gasteiger charge is -2.53. The van der Waals surface area contributed by atoms with E-state index in [9.17, 15) is 14.7 Å². The van der Waals surface area contributed by atoms with Crippen LogP contribution in [0.1, 0.15) is 91.8 Å². The Balaban J connectivity index is 1.42. The molecule has 0 spiro atoms. The lowest BCUT2D eigenvalue weighted by Crippen LogP contribution is -2.51. The fourth-order valence-electron chi connectivity index (χ4n) is 8.11. The molecule has 0 bridgehead atoms. The van der Waals surface area contributed by atoms with Crippen molar-refractivity contribution in [1.82, 2.24) is 0 Å². The molecule has 4 nitrogen and oxygen atoms in total. The van der Waals surface area contributed by atoms with Crippen molar-refractivity contribution in [3.05, 3.63) is 93.6 Å². The second-order valence-electron chi connectivity index (χ2n) is 11.9. The monoisotopic (exact) mass is 515 g/mol. The van der Waals surface area contributed by atoms with E-state index in [0.717, 1.165) is 37.7 Å². The van der Waals surface area contributed by atoms with Gasteiger partial charge >= 0.3 is 0 Å². The van der Waals surface area contributed by atoms with Gasteiger partial charge in [-0.25, -0.2) is 0 Å². The number of fused-ring (bicyclic) bond motifs is 4. The van der Waals surface area contributed by atoms with Crippen molar-refractivity contribution in [1.29, 1.82) is 5.26 Å². The van der Waals surface area contributed by atoms with E-state index in [0.29, 0.717) is 41.4 Å². The highest BCUT2D eigenvalue weighted by Crippen LogP contribution is 2.66. The van der Waals surface area contributed by atoms with Crippen LogP contribution in [0, 0.1) is 40.4 Å². The average Bonchev–Trinajstić information content (AvgIpc) is 3.22. The Hall–Kier alpha value is -3.73. The van der Waals surface area contributed by atoms with Crippen molar-refractivity contribution in [3.63, 3.8) is 0 Å². The third kappa shape index (κ3) is 4.02. The molecule has 2 fully saturated rings. The van der Waals surface area contributed by atoms with Crippen LogP contribution in [0.3, 0.4) is 0 Å². The molecule has 4 aliphatic rings. The number of carbonyl (C=O) groups excluding carboxylic acids is 2. The summed E-state index contributed by atoms with van der Waals surface area (Å²) in [5.74, 6) is 7.20. The van der Waals surface area contributed by atoms with Crippen LogP contribution < -0.4 is 0 Å². The quantitative estimate of drug-likeness (QED) is 0.377. The molecule has 2 unspecified atom stereocenters. The fraction of sp³-hybridized carbons (Fsp3) is 0.400. The van der Waals surface area contributed by atoms with Gasteiger partial charge in [0.15, 0.2) is 11.6 Å². The van der Waals surface area contributed by atoms with Crippen LogP contribution in [0.15, 0.2) is 71.3 Å². The largest absolute Gasteiger partial charge is 0.377 e. The van der Waals surface area contributed by atoms with E-state index < -0.39 is 5.60 Å². The smallest absolute Gasteiger partial charge is 0.193 e. The molecule has 4 heteroatoms. The third-order valence-corrected chi connectivity index (χ3v) is 10.1. The average molecular weight is 516 g/mol. The molecule has 5 atom stereocenters. The fourth-order valence-corrected chi connectivity index (χ4v) is 8.11. The molecule has 1 N–H and O–H groups in total. The Labute approximate surface area is 230 Å². The Kier molecular flexibility index (Phi) is 6.21. The summed E-state index contributed by atoms with van der Waals surface area (Å²) >= 11 is 0. The molecular formula is C35H33NO3. The number of rotatable bonds is 3. The third-order valence-electron chi connectivity index (χ3n) is 10.1. The molecule has 0 radical (unpaired) electrons. The number of benzene rings is 2. The van der Waals surface area contributed by atoms with E-state index >= 15 is 0 Å². The molecular weight excluding hydrogens is 482 g/mol. The van der Waals surface area contributed by atoms with Gasteiger partial charge in [-0.1, -0.05) is 42.7 Å². The summed E-state index contributed by atoms with van der Waals surface area (Å²) in [5.41, 5.74) is 5.54.